The summed E-state index contributed by atoms with van der Waals surface area (Å²) in [5, 5.41) is 17.2. The quantitative estimate of drug-likeness (QED) is 0.592. The molecule has 0 heterocycles. The van der Waals surface area contributed by atoms with E-state index in [0.29, 0.717) is 11.4 Å². The lowest BCUT2D eigenvalue weighted by atomic mass is 10.2. The van der Waals surface area contributed by atoms with E-state index in [2.05, 4.69) is 10.2 Å². The minimum atomic E-state index is 0.121. The molecular formula is C12H11N3O. The molecule has 0 spiro atoms. The molecular weight excluding hydrogens is 202 g/mol. The van der Waals surface area contributed by atoms with Crippen LogP contribution >= 0.6 is 0 Å². The summed E-state index contributed by atoms with van der Waals surface area (Å²) in [5.41, 5.74) is 7.38. The summed E-state index contributed by atoms with van der Waals surface area (Å²) in [5.74, 6) is 0.121. The largest absolute Gasteiger partial charge is 0.508 e. The Bertz CT molecular complexity index is 509. The van der Waals surface area contributed by atoms with Gasteiger partial charge in [0.2, 0.25) is 0 Å². The number of nitrogens with two attached hydrogens (primary N) is 1. The first-order valence-corrected chi connectivity index (χ1v) is 4.81. The van der Waals surface area contributed by atoms with Gasteiger partial charge in [0.05, 0.1) is 11.4 Å². The van der Waals surface area contributed by atoms with Gasteiger partial charge in [-0.3, -0.25) is 0 Å². The van der Waals surface area contributed by atoms with Gasteiger partial charge in [0.25, 0.3) is 0 Å². The number of hydrogen-bond acceptors (Lipinski definition) is 4. The van der Waals surface area contributed by atoms with E-state index in [4.69, 9.17) is 5.73 Å². The highest BCUT2D eigenvalue weighted by molar-refractivity contribution is 5.64. The van der Waals surface area contributed by atoms with Crippen LogP contribution in [0.2, 0.25) is 0 Å². The average molecular weight is 213 g/mol. The summed E-state index contributed by atoms with van der Waals surface area (Å²) in [4.78, 5) is 0. The molecule has 2 rings (SSSR count). The van der Waals surface area contributed by atoms with E-state index in [0.717, 1.165) is 5.69 Å². The zero-order chi connectivity index (χ0) is 11.4. The Morgan fingerprint density at radius 2 is 1.69 bits per heavy atom. The topological polar surface area (TPSA) is 71.0 Å². The van der Waals surface area contributed by atoms with Gasteiger partial charge >= 0.3 is 0 Å². The summed E-state index contributed by atoms with van der Waals surface area (Å²) in [6, 6.07) is 14.0. The van der Waals surface area contributed by atoms with Crippen LogP contribution in [0.3, 0.4) is 0 Å². The lowest BCUT2D eigenvalue weighted by Crippen LogP contribution is -1.83. The first-order chi connectivity index (χ1) is 7.75. The third kappa shape index (κ3) is 2.36. The Hall–Kier alpha value is -2.36. The number of rotatable bonds is 2. The molecule has 0 aliphatic heterocycles. The maximum atomic E-state index is 9.17. The molecule has 4 heteroatoms. The van der Waals surface area contributed by atoms with Gasteiger partial charge in [0, 0.05) is 6.07 Å². The Morgan fingerprint density at radius 1 is 0.938 bits per heavy atom. The maximum Gasteiger partial charge on any atom is 0.117 e. The molecule has 0 aliphatic carbocycles. The highest BCUT2D eigenvalue weighted by atomic mass is 16.3. The molecule has 0 amide bonds. The highest BCUT2D eigenvalue weighted by Gasteiger charge is 1.98. The van der Waals surface area contributed by atoms with Crippen LogP contribution < -0.4 is 5.73 Å². The third-order valence-electron chi connectivity index (χ3n) is 2.04. The number of azo groups is 1. The Labute approximate surface area is 93.1 Å². The van der Waals surface area contributed by atoms with Crippen molar-refractivity contribution in [2.45, 2.75) is 0 Å². The summed E-state index contributed by atoms with van der Waals surface area (Å²) in [6.07, 6.45) is 0. The molecule has 0 saturated carbocycles. The Balaban J connectivity index is 2.24. The minimum absolute atomic E-state index is 0.121. The number of hydrogen-bond donors (Lipinski definition) is 2. The van der Waals surface area contributed by atoms with Crippen LogP contribution in [-0.2, 0) is 0 Å². The smallest absolute Gasteiger partial charge is 0.117 e. The average Bonchev–Trinajstić information content (AvgIpc) is 2.29. The number of anilines is 1. The second kappa shape index (κ2) is 4.44. The highest BCUT2D eigenvalue weighted by Crippen LogP contribution is 2.27. The molecule has 0 bridgehead atoms. The molecule has 80 valence electrons. The number of nitrogens with zero attached hydrogens (tertiary/aromatic N) is 2. The fourth-order valence-electron chi connectivity index (χ4n) is 1.24. The lowest BCUT2D eigenvalue weighted by Gasteiger charge is -1.99. The molecule has 0 atom stereocenters. The number of aromatic hydroxyl groups is 1. The van der Waals surface area contributed by atoms with Crippen LogP contribution in [0.25, 0.3) is 0 Å². The number of phenols is 1. The van der Waals surface area contributed by atoms with Crippen molar-refractivity contribution >= 4 is 17.1 Å². The van der Waals surface area contributed by atoms with Crippen molar-refractivity contribution in [2.75, 3.05) is 5.73 Å². The first kappa shape index (κ1) is 10.2. The summed E-state index contributed by atoms with van der Waals surface area (Å²) in [7, 11) is 0. The van der Waals surface area contributed by atoms with Gasteiger partial charge in [-0.05, 0) is 24.3 Å². The predicted octanol–water partition coefficient (Wildman–Crippen LogP) is 3.39. The van der Waals surface area contributed by atoms with Crippen LogP contribution in [0.4, 0.5) is 17.1 Å². The van der Waals surface area contributed by atoms with Gasteiger partial charge in [-0.25, -0.2) is 0 Å². The van der Waals surface area contributed by atoms with E-state index >= 15 is 0 Å². The molecule has 0 aromatic heterocycles. The normalized spacial score (nSPS) is 10.8. The van der Waals surface area contributed by atoms with E-state index < -0.39 is 0 Å². The molecule has 0 aliphatic rings. The second-order valence-electron chi connectivity index (χ2n) is 3.28. The van der Waals surface area contributed by atoms with Crippen molar-refractivity contribution in [3.8, 4) is 5.75 Å². The monoisotopic (exact) mass is 213 g/mol. The number of phenolic OH excluding ortho intramolecular Hbond substituents is 1. The second-order valence-corrected chi connectivity index (χ2v) is 3.28. The molecule has 0 saturated heterocycles. The van der Waals surface area contributed by atoms with E-state index in [1.807, 2.05) is 30.3 Å². The van der Waals surface area contributed by atoms with E-state index in [-0.39, 0.29) is 5.75 Å². The molecule has 4 nitrogen and oxygen atoms in total. The van der Waals surface area contributed by atoms with E-state index in [9.17, 15) is 5.11 Å². The predicted molar refractivity (Wildman–Crippen MR) is 63.1 cm³/mol. The minimum Gasteiger partial charge on any atom is -0.508 e. The van der Waals surface area contributed by atoms with Gasteiger partial charge in [-0.15, -0.1) is 5.11 Å². The summed E-state index contributed by atoms with van der Waals surface area (Å²) < 4.78 is 0. The van der Waals surface area contributed by atoms with Gasteiger partial charge in [0.1, 0.15) is 11.4 Å². The number of nitrogen functional groups attached to an aromatic ring is 1. The summed E-state index contributed by atoms with van der Waals surface area (Å²) in [6.45, 7) is 0. The molecule has 0 unspecified atom stereocenters. The molecule has 16 heavy (non-hydrogen) atoms. The van der Waals surface area contributed by atoms with Gasteiger partial charge in [-0.1, -0.05) is 18.2 Å². The zero-order valence-corrected chi connectivity index (χ0v) is 8.54. The lowest BCUT2D eigenvalue weighted by molar-refractivity contribution is 0.475. The third-order valence-corrected chi connectivity index (χ3v) is 2.04. The standard InChI is InChI=1S/C12H11N3O/c13-11-8-10(16)6-7-12(11)15-14-9-4-2-1-3-5-9/h1-8,16H,13H2. The molecule has 2 aromatic carbocycles. The Morgan fingerprint density at radius 3 is 2.38 bits per heavy atom. The van der Waals surface area contributed by atoms with Crippen molar-refractivity contribution < 1.29 is 5.11 Å². The SMILES string of the molecule is Nc1cc(O)ccc1N=Nc1ccccc1. The van der Waals surface area contributed by atoms with E-state index in [1.54, 1.807) is 6.07 Å². The van der Waals surface area contributed by atoms with Crippen LogP contribution in [-0.4, -0.2) is 5.11 Å². The number of benzene rings is 2. The maximum absolute atomic E-state index is 9.17. The fourth-order valence-corrected chi connectivity index (χ4v) is 1.24. The van der Waals surface area contributed by atoms with Gasteiger partial charge in [0.15, 0.2) is 0 Å². The van der Waals surface area contributed by atoms with Crippen molar-refractivity contribution in [1.82, 2.24) is 0 Å². The summed E-state index contributed by atoms with van der Waals surface area (Å²) >= 11 is 0. The van der Waals surface area contributed by atoms with Crippen molar-refractivity contribution in [1.29, 1.82) is 0 Å². The van der Waals surface area contributed by atoms with Crippen LogP contribution in [0.15, 0.2) is 58.8 Å². The van der Waals surface area contributed by atoms with Crippen molar-refractivity contribution in [3.05, 3.63) is 48.5 Å². The molecule has 0 fully saturated rings. The van der Waals surface area contributed by atoms with Gasteiger partial charge in [-0.2, -0.15) is 5.11 Å². The van der Waals surface area contributed by atoms with Crippen molar-refractivity contribution in [2.24, 2.45) is 10.2 Å². The molecule has 3 N–H and O–H groups in total. The first-order valence-electron chi connectivity index (χ1n) is 4.81. The van der Waals surface area contributed by atoms with Crippen LogP contribution in [0.5, 0.6) is 5.75 Å². The van der Waals surface area contributed by atoms with Crippen LogP contribution in [0, 0.1) is 0 Å². The molecule has 0 radical (unpaired) electrons. The molecule has 2 aromatic rings. The Kier molecular flexibility index (Phi) is 2.82. The van der Waals surface area contributed by atoms with Crippen LogP contribution in [0.1, 0.15) is 0 Å². The fraction of sp³-hybridized carbons (Fsp3) is 0. The van der Waals surface area contributed by atoms with E-state index in [1.165, 1.54) is 12.1 Å². The zero-order valence-electron chi connectivity index (χ0n) is 8.54. The van der Waals surface area contributed by atoms with Gasteiger partial charge < -0.3 is 10.8 Å². The van der Waals surface area contributed by atoms with Crippen molar-refractivity contribution in [3.63, 3.8) is 0 Å².